The number of anilines is 1. The monoisotopic (exact) mass is 533 g/mol. The fraction of sp³-hybridized carbons (Fsp3) is 0.364. The van der Waals surface area contributed by atoms with Gasteiger partial charge in [-0.1, -0.05) is 46.1 Å². The van der Waals surface area contributed by atoms with Crippen LogP contribution in [0.4, 0.5) is 5.13 Å². The number of benzene rings is 2. The SMILES string of the molecule is Cc1c(Cl)ccc2sc(N(CCCN3CCOCC3)C(=O)c3ccc(Cl)cc3Cl)nc12.Cl. The maximum atomic E-state index is 13.5. The van der Waals surface area contributed by atoms with E-state index in [-0.39, 0.29) is 18.3 Å². The molecule has 32 heavy (non-hydrogen) atoms. The molecular formula is C22H23Cl4N3O2S. The van der Waals surface area contributed by atoms with E-state index in [1.807, 2.05) is 19.1 Å². The van der Waals surface area contributed by atoms with Crippen molar-refractivity contribution >= 4 is 79.8 Å². The van der Waals surface area contributed by atoms with Gasteiger partial charge in [-0.3, -0.25) is 14.6 Å². The Kier molecular flexibility index (Phi) is 9.04. The van der Waals surface area contributed by atoms with Gasteiger partial charge in [0.1, 0.15) is 0 Å². The molecule has 0 bridgehead atoms. The molecule has 1 amide bonds. The number of rotatable bonds is 6. The van der Waals surface area contributed by atoms with Crippen molar-refractivity contribution in [1.29, 1.82) is 0 Å². The van der Waals surface area contributed by atoms with Gasteiger partial charge in [0.2, 0.25) is 0 Å². The molecule has 5 nitrogen and oxygen atoms in total. The largest absolute Gasteiger partial charge is 0.379 e. The van der Waals surface area contributed by atoms with Crippen LogP contribution in [0.2, 0.25) is 15.1 Å². The van der Waals surface area contributed by atoms with E-state index in [2.05, 4.69) is 4.90 Å². The first-order valence-corrected chi connectivity index (χ1v) is 12.0. The standard InChI is InChI=1S/C22H22Cl3N3O2S.ClH/c1-14-17(24)5-6-19-20(14)26-22(31-19)28(8-2-7-27-9-11-30-12-10-27)21(29)16-4-3-15(23)13-18(16)25;/h3-6,13H,2,7-12H2,1H3;1H. The molecule has 3 aromatic rings. The topological polar surface area (TPSA) is 45.7 Å². The summed E-state index contributed by atoms with van der Waals surface area (Å²) < 4.78 is 6.41. The highest BCUT2D eigenvalue weighted by Crippen LogP contribution is 2.35. The van der Waals surface area contributed by atoms with Gasteiger partial charge in [0, 0.05) is 36.2 Å². The van der Waals surface area contributed by atoms with Gasteiger partial charge < -0.3 is 4.74 Å². The van der Waals surface area contributed by atoms with Crippen LogP contribution in [0.25, 0.3) is 10.2 Å². The van der Waals surface area contributed by atoms with E-state index >= 15 is 0 Å². The van der Waals surface area contributed by atoms with Crippen LogP contribution in [0.15, 0.2) is 30.3 Å². The Morgan fingerprint density at radius 2 is 1.91 bits per heavy atom. The number of carbonyl (C=O) groups is 1. The molecule has 1 aromatic heterocycles. The Balaban J connectivity index is 0.00000289. The second kappa shape index (κ2) is 11.3. The van der Waals surface area contributed by atoms with E-state index < -0.39 is 0 Å². The Morgan fingerprint density at radius 1 is 1.16 bits per heavy atom. The lowest BCUT2D eigenvalue weighted by Gasteiger charge is -2.27. The van der Waals surface area contributed by atoms with Gasteiger partial charge in [0.05, 0.1) is 34.0 Å². The number of carbonyl (C=O) groups excluding carboxylic acids is 1. The average molecular weight is 535 g/mol. The zero-order valence-electron chi connectivity index (χ0n) is 17.4. The van der Waals surface area contributed by atoms with Crippen LogP contribution in [0.1, 0.15) is 22.3 Å². The molecule has 1 aliphatic heterocycles. The predicted octanol–water partition coefficient (Wildman–Crippen LogP) is 6.36. The normalized spacial score (nSPS) is 14.4. The smallest absolute Gasteiger partial charge is 0.261 e. The van der Waals surface area contributed by atoms with E-state index in [1.165, 1.54) is 11.3 Å². The molecule has 0 radical (unpaired) electrons. The Bertz CT molecular complexity index is 1100. The highest BCUT2D eigenvalue weighted by Gasteiger charge is 2.24. The first kappa shape index (κ1) is 25.5. The van der Waals surface area contributed by atoms with Gasteiger partial charge >= 0.3 is 0 Å². The van der Waals surface area contributed by atoms with Crippen LogP contribution in [-0.4, -0.2) is 55.2 Å². The number of aromatic nitrogens is 1. The summed E-state index contributed by atoms with van der Waals surface area (Å²) in [4.78, 5) is 22.3. The second-order valence-corrected chi connectivity index (χ2v) is 9.66. The molecule has 0 N–H and O–H groups in total. The van der Waals surface area contributed by atoms with Crippen molar-refractivity contribution in [1.82, 2.24) is 9.88 Å². The minimum absolute atomic E-state index is 0. The molecule has 0 spiro atoms. The van der Waals surface area contributed by atoms with Gasteiger partial charge in [0.15, 0.2) is 5.13 Å². The molecule has 1 fully saturated rings. The molecule has 0 unspecified atom stereocenters. The molecule has 1 saturated heterocycles. The van der Waals surface area contributed by atoms with E-state index in [0.717, 1.165) is 55.0 Å². The van der Waals surface area contributed by atoms with Crippen LogP contribution in [0, 0.1) is 6.92 Å². The molecule has 2 heterocycles. The van der Waals surface area contributed by atoms with Crippen LogP contribution in [0.3, 0.4) is 0 Å². The fourth-order valence-corrected chi connectivity index (χ4v) is 5.27. The highest BCUT2D eigenvalue weighted by molar-refractivity contribution is 7.22. The molecule has 2 aromatic carbocycles. The number of aryl methyl sites for hydroxylation is 1. The van der Waals surface area contributed by atoms with Crippen molar-refractivity contribution in [3.05, 3.63) is 56.5 Å². The summed E-state index contributed by atoms with van der Waals surface area (Å²) in [6, 6.07) is 8.73. The molecule has 0 saturated carbocycles. The zero-order chi connectivity index (χ0) is 22.0. The third-order valence-corrected chi connectivity index (χ3v) is 7.33. The number of hydrogen-bond acceptors (Lipinski definition) is 5. The van der Waals surface area contributed by atoms with Crippen LogP contribution >= 0.6 is 58.5 Å². The Hall–Kier alpha value is -1.12. The lowest BCUT2D eigenvalue weighted by atomic mass is 10.2. The molecular weight excluding hydrogens is 512 g/mol. The van der Waals surface area contributed by atoms with Crippen molar-refractivity contribution in [2.75, 3.05) is 44.3 Å². The summed E-state index contributed by atoms with van der Waals surface area (Å²) in [5.41, 5.74) is 2.14. The van der Waals surface area contributed by atoms with Gasteiger partial charge in [-0.2, -0.15) is 0 Å². The van der Waals surface area contributed by atoms with Gasteiger partial charge in [0.25, 0.3) is 5.91 Å². The number of halogens is 4. The van der Waals surface area contributed by atoms with Crippen LogP contribution < -0.4 is 4.90 Å². The lowest BCUT2D eigenvalue weighted by molar-refractivity contribution is 0.0376. The van der Waals surface area contributed by atoms with Gasteiger partial charge in [-0.25, -0.2) is 4.98 Å². The van der Waals surface area contributed by atoms with Crippen LogP contribution in [-0.2, 0) is 4.74 Å². The zero-order valence-corrected chi connectivity index (χ0v) is 21.3. The summed E-state index contributed by atoms with van der Waals surface area (Å²) in [5.74, 6) is -0.188. The quantitative estimate of drug-likeness (QED) is 0.369. The van der Waals surface area contributed by atoms with Crippen molar-refractivity contribution < 1.29 is 9.53 Å². The van der Waals surface area contributed by atoms with Gasteiger partial charge in [-0.15, -0.1) is 12.4 Å². The summed E-state index contributed by atoms with van der Waals surface area (Å²) in [7, 11) is 0. The third kappa shape index (κ3) is 5.68. The highest BCUT2D eigenvalue weighted by atomic mass is 35.5. The van der Waals surface area contributed by atoms with E-state index in [1.54, 1.807) is 23.1 Å². The van der Waals surface area contributed by atoms with E-state index in [4.69, 9.17) is 44.5 Å². The van der Waals surface area contributed by atoms with Crippen molar-refractivity contribution in [3.63, 3.8) is 0 Å². The minimum atomic E-state index is -0.188. The lowest BCUT2D eigenvalue weighted by Crippen LogP contribution is -2.39. The number of morpholine rings is 1. The second-order valence-electron chi connectivity index (χ2n) is 7.40. The number of ether oxygens (including phenoxy) is 1. The molecule has 172 valence electrons. The maximum absolute atomic E-state index is 13.5. The van der Waals surface area contributed by atoms with E-state index in [0.29, 0.717) is 32.3 Å². The molecule has 0 aliphatic carbocycles. The van der Waals surface area contributed by atoms with Gasteiger partial charge in [-0.05, 0) is 49.2 Å². The average Bonchev–Trinajstić information content (AvgIpc) is 3.19. The van der Waals surface area contributed by atoms with Crippen molar-refractivity contribution in [2.45, 2.75) is 13.3 Å². The molecule has 4 rings (SSSR count). The first-order chi connectivity index (χ1) is 14.9. The van der Waals surface area contributed by atoms with Crippen molar-refractivity contribution in [2.24, 2.45) is 0 Å². The third-order valence-electron chi connectivity index (χ3n) is 5.33. The predicted molar refractivity (Wildman–Crippen MR) is 137 cm³/mol. The summed E-state index contributed by atoms with van der Waals surface area (Å²) in [6.07, 6.45) is 0.812. The Labute approximate surface area is 212 Å². The Morgan fingerprint density at radius 3 is 2.62 bits per heavy atom. The number of fused-ring (bicyclic) bond motifs is 1. The minimum Gasteiger partial charge on any atom is -0.379 e. The first-order valence-electron chi connectivity index (χ1n) is 10.1. The number of nitrogens with zero attached hydrogens (tertiary/aromatic N) is 3. The molecule has 10 heteroatoms. The molecule has 0 atom stereocenters. The van der Waals surface area contributed by atoms with E-state index in [9.17, 15) is 4.79 Å². The van der Waals surface area contributed by atoms with Crippen molar-refractivity contribution in [3.8, 4) is 0 Å². The number of amides is 1. The van der Waals surface area contributed by atoms with Crippen LogP contribution in [0.5, 0.6) is 0 Å². The maximum Gasteiger partial charge on any atom is 0.261 e. The summed E-state index contributed by atoms with van der Waals surface area (Å²) >= 11 is 20.1. The fourth-order valence-electron chi connectivity index (χ4n) is 3.57. The molecule has 1 aliphatic rings. The number of hydrogen-bond donors (Lipinski definition) is 0. The summed E-state index contributed by atoms with van der Waals surface area (Å²) in [5, 5.41) is 2.12. The summed E-state index contributed by atoms with van der Waals surface area (Å²) in [6.45, 7) is 6.68. The number of thiazole rings is 1.